The monoisotopic (exact) mass is 204 g/mol. The summed E-state index contributed by atoms with van der Waals surface area (Å²) in [7, 11) is 0. The third-order valence-corrected chi connectivity index (χ3v) is 1.92. The molecule has 1 aromatic carbocycles. The zero-order chi connectivity index (χ0) is 10.8. The maximum absolute atomic E-state index is 12.4. The van der Waals surface area contributed by atoms with Gasteiger partial charge in [-0.3, -0.25) is 0 Å². The Hall–Kier alpha value is -1.07. The van der Waals surface area contributed by atoms with E-state index in [1.165, 1.54) is 18.2 Å². The third kappa shape index (κ3) is 2.24. The molecule has 0 saturated heterocycles. The Balaban J connectivity index is 3.16. The predicted octanol–water partition coefficient (Wildman–Crippen LogP) is 1.66. The lowest BCUT2D eigenvalue weighted by Crippen LogP contribution is -2.24. The van der Waals surface area contributed by atoms with Crippen molar-refractivity contribution in [2.45, 2.75) is 12.2 Å². The quantitative estimate of drug-likeness (QED) is 0.769. The average Bonchev–Trinajstić information content (AvgIpc) is 2.15. The Labute approximate surface area is 79.7 Å². The summed E-state index contributed by atoms with van der Waals surface area (Å²) in [4.78, 5) is 0. The molecule has 0 fully saturated rings. The smallest absolute Gasteiger partial charge is 0.329 e. The first-order chi connectivity index (χ1) is 6.46. The molecule has 2 nitrogen and oxygen atoms in total. The van der Waals surface area contributed by atoms with Crippen LogP contribution in [0.25, 0.3) is 0 Å². The minimum atomic E-state index is -4.37. The molecule has 0 heterocycles. The van der Waals surface area contributed by atoms with Gasteiger partial charge in [0.2, 0.25) is 0 Å². The van der Waals surface area contributed by atoms with E-state index in [-0.39, 0.29) is 12.1 Å². The Morgan fingerprint density at radius 3 is 2.29 bits per heavy atom. The fourth-order valence-corrected chi connectivity index (χ4v) is 1.21. The summed E-state index contributed by atoms with van der Waals surface area (Å²) in [5, 5.41) is 0. The number of rotatable bonds is 2. The largest absolute Gasteiger partial charge is 0.416 e. The Morgan fingerprint density at radius 1 is 1.21 bits per heavy atom. The van der Waals surface area contributed by atoms with Gasteiger partial charge < -0.3 is 11.5 Å². The second kappa shape index (κ2) is 3.98. The highest BCUT2D eigenvalue weighted by Gasteiger charge is 2.33. The van der Waals surface area contributed by atoms with Crippen molar-refractivity contribution in [2.24, 2.45) is 11.5 Å². The van der Waals surface area contributed by atoms with Crippen molar-refractivity contribution in [2.75, 3.05) is 6.54 Å². The van der Waals surface area contributed by atoms with Gasteiger partial charge in [0.05, 0.1) is 5.56 Å². The highest BCUT2D eigenvalue weighted by molar-refractivity contribution is 5.32. The van der Waals surface area contributed by atoms with Crippen molar-refractivity contribution in [3.63, 3.8) is 0 Å². The van der Waals surface area contributed by atoms with E-state index in [9.17, 15) is 13.2 Å². The maximum Gasteiger partial charge on any atom is 0.416 e. The summed E-state index contributed by atoms with van der Waals surface area (Å²) < 4.78 is 37.3. The van der Waals surface area contributed by atoms with E-state index >= 15 is 0 Å². The minimum absolute atomic E-state index is 0.00685. The fourth-order valence-electron chi connectivity index (χ4n) is 1.21. The van der Waals surface area contributed by atoms with E-state index in [4.69, 9.17) is 11.5 Å². The third-order valence-electron chi connectivity index (χ3n) is 1.92. The number of nitrogens with two attached hydrogens (primary N) is 2. The van der Waals surface area contributed by atoms with Crippen LogP contribution in [0.3, 0.4) is 0 Å². The van der Waals surface area contributed by atoms with Crippen molar-refractivity contribution in [3.05, 3.63) is 35.4 Å². The van der Waals surface area contributed by atoms with Crippen molar-refractivity contribution in [1.29, 1.82) is 0 Å². The summed E-state index contributed by atoms with van der Waals surface area (Å²) in [5.41, 5.74) is 10.0. The molecule has 1 rings (SSSR count). The summed E-state index contributed by atoms with van der Waals surface area (Å²) >= 11 is 0. The van der Waals surface area contributed by atoms with Gasteiger partial charge in [-0.2, -0.15) is 13.2 Å². The van der Waals surface area contributed by atoms with Crippen LogP contribution >= 0.6 is 0 Å². The number of benzene rings is 1. The molecular formula is C9H11F3N2. The van der Waals surface area contributed by atoms with Crippen LogP contribution in [0.4, 0.5) is 13.2 Å². The molecule has 0 spiro atoms. The summed E-state index contributed by atoms with van der Waals surface area (Å²) in [6.45, 7) is -0.00685. The lowest BCUT2D eigenvalue weighted by molar-refractivity contribution is -0.138. The van der Waals surface area contributed by atoms with E-state index in [2.05, 4.69) is 0 Å². The van der Waals surface area contributed by atoms with E-state index in [1.807, 2.05) is 0 Å². The number of halogens is 3. The molecule has 78 valence electrons. The molecule has 0 aliphatic rings. The van der Waals surface area contributed by atoms with Gasteiger partial charge in [0.25, 0.3) is 0 Å². The molecule has 5 heteroatoms. The van der Waals surface area contributed by atoms with E-state index in [0.29, 0.717) is 0 Å². The van der Waals surface area contributed by atoms with Crippen LogP contribution in [-0.2, 0) is 6.18 Å². The molecule has 0 bridgehead atoms. The molecule has 0 saturated carbocycles. The maximum atomic E-state index is 12.4. The first-order valence-corrected chi connectivity index (χ1v) is 4.08. The van der Waals surface area contributed by atoms with E-state index < -0.39 is 17.8 Å². The van der Waals surface area contributed by atoms with Gasteiger partial charge in [0.15, 0.2) is 0 Å². The fraction of sp³-hybridized carbons (Fsp3) is 0.333. The molecule has 1 aromatic rings. The number of hydrogen-bond acceptors (Lipinski definition) is 2. The minimum Gasteiger partial charge on any atom is -0.329 e. The van der Waals surface area contributed by atoms with Gasteiger partial charge in [-0.25, -0.2) is 0 Å². The SMILES string of the molecule is NC[C@H](N)c1ccccc1C(F)(F)F. The molecule has 0 unspecified atom stereocenters. The van der Waals surface area contributed by atoms with Gasteiger partial charge in [0, 0.05) is 12.6 Å². The van der Waals surface area contributed by atoms with Crippen molar-refractivity contribution in [3.8, 4) is 0 Å². The average molecular weight is 204 g/mol. The van der Waals surface area contributed by atoms with Gasteiger partial charge in [-0.05, 0) is 11.6 Å². The molecule has 1 atom stereocenters. The first kappa shape index (κ1) is 11.0. The summed E-state index contributed by atoms with van der Waals surface area (Å²) in [6, 6.07) is 4.42. The lowest BCUT2D eigenvalue weighted by atomic mass is 10.0. The van der Waals surface area contributed by atoms with Crippen LogP contribution in [-0.4, -0.2) is 6.54 Å². The second-order valence-electron chi connectivity index (χ2n) is 2.93. The highest BCUT2D eigenvalue weighted by Crippen LogP contribution is 2.33. The summed E-state index contributed by atoms with van der Waals surface area (Å²) in [5.74, 6) is 0. The van der Waals surface area contributed by atoms with Gasteiger partial charge in [-0.15, -0.1) is 0 Å². The van der Waals surface area contributed by atoms with Crippen LogP contribution < -0.4 is 11.5 Å². The van der Waals surface area contributed by atoms with Crippen LogP contribution in [0.5, 0.6) is 0 Å². The standard InChI is InChI=1S/C9H11F3N2/c10-9(11,12)7-4-2-1-3-6(7)8(14)5-13/h1-4,8H,5,13-14H2/t8-/m0/s1. The topological polar surface area (TPSA) is 52.0 Å². The Morgan fingerprint density at radius 2 is 1.79 bits per heavy atom. The molecular weight excluding hydrogens is 193 g/mol. The van der Waals surface area contributed by atoms with E-state index in [0.717, 1.165) is 6.07 Å². The van der Waals surface area contributed by atoms with Crippen LogP contribution in [0.15, 0.2) is 24.3 Å². The molecule has 0 aromatic heterocycles. The van der Waals surface area contributed by atoms with Crippen LogP contribution in [0.1, 0.15) is 17.2 Å². The predicted molar refractivity (Wildman–Crippen MR) is 47.4 cm³/mol. The van der Waals surface area contributed by atoms with Crippen LogP contribution in [0.2, 0.25) is 0 Å². The van der Waals surface area contributed by atoms with Gasteiger partial charge in [-0.1, -0.05) is 18.2 Å². The highest BCUT2D eigenvalue weighted by atomic mass is 19.4. The number of alkyl halides is 3. The molecule has 0 aliphatic carbocycles. The lowest BCUT2D eigenvalue weighted by Gasteiger charge is -2.16. The van der Waals surface area contributed by atoms with Crippen molar-refractivity contribution in [1.82, 2.24) is 0 Å². The molecule has 14 heavy (non-hydrogen) atoms. The molecule has 0 aliphatic heterocycles. The van der Waals surface area contributed by atoms with Gasteiger partial charge >= 0.3 is 6.18 Å². The normalized spacial score (nSPS) is 14.1. The Kier molecular flexibility index (Phi) is 3.13. The number of hydrogen-bond donors (Lipinski definition) is 2. The van der Waals surface area contributed by atoms with E-state index in [1.54, 1.807) is 0 Å². The van der Waals surface area contributed by atoms with Crippen LogP contribution in [0, 0.1) is 0 Å². The zero-order valence-corrected chi connectivity index (χ0v) is 7.38. The van der Waals surface area contributed by atoms with Crippen molar-refractivity contribution >= 4 is 0 Å². The molecule has 4 N–H and O–H groups in total. The van der Waals surface area contributed by atoms with Crippen molar-refractivity contribution < 1.29 is 13.2 Å². The first-order valence-electron chi connectivity index (χ1n) is 4.08. The second-order valence-corrected chi connectivity index (χ2v) is 2.93. The summed E-state index contributed by atoms with van der Waals surface area (Å²) in [6.07, 6.45) is -4.37. The zero-order valence-electron chi connectivity index (χ0n) is 7.38. The molecule has 0 amide bonds. The Bertz CT molecular complexity index is 309. The van der Waals surface area contributed by atoms with Gasteiger partial charge in [0.1, 0.15) is 0 Å². The molecule has 0 radical (unpaired) electrons.